The van der Waals surface area contributed by atoms with Crippen LogP contribution in [0.4, 0.5) is 3.89 Å². The SMILES string of the molecule is CCOc1cccc(CCN2CC(S(=O)(=O)F)CC2=O)c1. The van der Waals surface area contributed by atoms with Gasteiger partial charge in [-0.15, -0.1) is 3.89 Å². The van der Waals surface area contributed by atoms with E-state index in [1.54, 1.807) is 0 Å². The van der Waals surface area contributed by atoms with E-state index in [1.165, 1.54) is 4.90 Å². The second kappa shape index (κ2) is 6.43. The summed E-state index contributed by atoms with van der Waals surface area (Å²) in [5.41, 5.74) is 0.986. The number of hydrogen-bond donors (Lipinski definition) is 0. The van der Waals surface area contributed by atoms with Crippen LogP contribution in [-0.2, 0) is 21.4 Å². The van der Waals surface area contributed by atoms with Gasteiger partial charge < -0.3 is 9.64 Å². The lowest BCUT2D eigenvalue weighted by Gasteiger charge is -2.16. The molecule has 0 aromatic heterocycles. The van der Waals surface area contributed by atoms with Crippen molar-refractivity contribution in [1.82, 2.24) is 4.90 Å². The lowest BCUT2D eigenvalue weighted by Crippen LogP contribution is -2.29. The number of nitrogens with zero attached hydrogens (tertiary/aromatic N) is 1. The molecule has 1 aromatic carbocycles. The largest absolute Gasteiger partial charge is 0.494 e. The molecule has 0 aliphatic carbocycles. The first-order valence-corrected chi connectivity index (χ1v) is 8.28. The van der Waals surface area contributed by atoms with Gasteiger partial charge in [-0.1, -0.05) is 12.1 Å². The lowest BCUT2D eigenvalue weighted by molar-refractivity contribution is -0.127. The first-order chi connectivity index (χ1) is 9.90. The summed E-state index contributed by atoms with van der Waals surface area (Å²) in [7, 11) is -4.65. The molecule has 1 unspecified atom stereocenters. The Bertz CT molecular complexity index is 617. The van der Waals surface area contributed by atoms with Crippen molar-refractivity contribution in [2.45, 2.75) is 25.0 Å². The van der Waals surface area contributed by atoms with E-state index in [9.17, 15) is 17.1 Å². The highest BCUT2D eigenvalue weighted by Crippen LogP contribution is 2.20. The van der Waals surface area contributed by atoms with E-state index in [-0.39, 0.29) is 18.9 Å². The van der Waals surface area contributed by atoms with Crippen molar-refractivity contribution in [1.29, 1.82) is 0 Å². The monoisotopic (exact) mass is 315 g/mol. The number of rotatable bonds is 6. The molecule has 1 aliphatic heterocycles. The van der Waals surface area contributed by atoms with Gasteiger partial charge in [-0.25, -0.2) is 0 Å². The normalized spacial score (nSPS) is 19.0. The summed E-state index contributed by atoms with van der Waals surface area (Å²) in [6.45, 7) is 2.78. The average molecular weight is 315 g/mol. The average Bonchev–Trinajstić information content (AvgIpc) is 2.79. The van der Waals surface area contributed by atoms with Crippen LogP contribution in [0.1, 0.15) is 18.9 Å². The zero-order chi connectivity index (χ0) is 15.5. The van der Waals surface area contributed by atoms with E-state index in [2.05, 4.69) is 0 Å². The molecular formula is C14H18FNO4S. The zero-order valence-corrected chi connectivity index (χ0v) is 12.6. The molecule has 1 aliphatic rings. The maximum Gasteiger partial charge on any atom is 0.307 e. The molecule has 0 saturated carbocycles. The highest BCUT2D eigenvalue weighted by molar-refractivity contribution is 7.87. The van der Waals surface area contributed by atoms with E-state index in [4.69, 9.17) is 4.74 Å². The summed E-state index contributed by atoms with van der Waals surface area (Å²) in [6, 6.07) is 7.50. The smallest absolute Gasteiger partial charge is 0.307 e. The summed E-state index contributed by atoms with van der Waals surface area (Å²) in [5.74, 6) is 0.439. The second-order valence-corrected chi connectivity index (χ2v) is 6.59. The third kappa shape index (κ3) is 4.17. The van der Waals surface area contributed by atoms with Crippen molar-refractivity contribution < 1.29 is 21.8 Å². The minimum absolute atomic E-state index is 0.0666. The topological polar surface area (TPSA) is 63.7 Å². The number of benzene rings is 1. The fraction of sp³-hybridized carbons (Fsp3) is 0.500. The van der Waals surface area contributed by atoms with Crippen molar-refractivity contribution in [2.24, 2.45) is 0 Å². The fourth-order valence-electron chi connectivity index (χ4n) is 2.36. The first-order valence-electron chi connectivity index (χ1n) is 6.83. The van der Waals surface area contributed by atoms with Gasteiger partial charge in [0.05, 0.1) is 6.61 Å². The van der Waals surface area contributed by atoms with Gasteiger partial charge in [0.1, 0.15) is 11.0 Å². The van der Waals surface area contributed by atoms with E-state index in [0.29, 0.717) is 19.6 Å². The first kappa shape index (κ1) is 15.8. The number of amides is 1. The van der Waals surface area contributed by atoms with Gasteiger partial charge in [-0.3, -0.25) is 4.79 Å². The third-order valence-corrected chi connectivity index (χ3v) is 4.57. The van der Waals surface area contributed by atoms with Gasteiger partial charge in [0.2, 0.25) is 5.91 Å². The zero-order valence-electron chi connectivity index (χ0n) is 11.8. The summed E-state index contributed by atoms with van der Waals surface area (Å²) >= 11 is 0. The Balaban J connectivity index is 1.94. The van der Waals surface area contributed by atoms with Crippen LogP contribution >= 0.6 is 0 Å². The second-order valence-electron chi connectivity index (χ2n) is 4.97. The Labute approximate surface area is 123 Å². The molecule has 116 valence electrons. The van der Waals surface area contributed by atoms with E-state index in [0.717, 1.165) is 11.3 Å². The summed E-state index contributed by atoms with van der Waals surface area (Å²) in [5, 5.41) is -1.22. The number of carbonyl (C=O) groups excluding carboxylic acids is 1. The molecule has 1 amide bonds. The Morgan fingerprint density at radius 2 is 2.19 bits per heavy atom. The lowest BCUT2D eigenvalue weighted by atomic mass is 10.1. The van der Waals surface area contributed by atoms with E-state index < -0.39 is 15.5 Å². The third-order valence-electron chi connectivity index (χ3n) is 3.46. The minimum atomic E-state index is -4.65. The Morgan fingerprint density at radius 3 is 2.81 bits per heavy atom. The highest BCUT2D eigenvalue weighted by Gasteiger charge is 2.37. The van der Waals surface area contributed by atoms with Crippen LogP contribution in [0.5, 0.6) is 5.75 Å². The summed E-state index contributed by atoms with van der Waals surface area (Å²) in [6.07, 6.45) is 0.309. The van der Waals surface area contributed by atoms with Crippen LogP contribution in [0, 0.1) is 0 Å². The van der Waals surface area contributed by atoms with Crippen LogP contribution in [0.3, 0.4) is 0 Å². The number of likely N-dealkylation sites (tertiary alicyclic amines) is 1. The molecule has 1 heterocycles. The number of hydrogen-bond acceptors (Lipinski definition) is 4. The minimum Gasteiger partial charge on any atom is -0.494 e. The molecule has 2 rings (SSSR count). The molecule has 1 atom stereocenters. The van der Waals surface area contributed by atoms with Crippen LogP contribution in [0.25, 0.3) is 0 Å². The maximum atomic E-state index is 12.9. The van der Waals surface area contributed by atoms with E-state index >= 15 is 0 Å². The van der Waals surface area contributed by atoms with Crippen molar-refractivity contribution in [3.8, 4) is 5.75 Å². The Morgan fingerprint density at radius 1 is 1.43 bits per heavy atom. The molecule has 0 N–H and O–H groups in total. The maximum absolute atomic E-state index is 12.9. The Kier molecular flexibility index (Phi) is 4.82. The van der Waals surface area contributed by atoms with Gasteiger partial charge in [0.25, 0.3) is 0 Å². The van der Waals surface area contributed by atoms with Gasteiger partial charge >= 0.3 is 10.2 Å². The van der Waals surface area contributed by atoms with Crippen molar-refractivity contribution in [3.05, 3.63) is 29.8 Å². The molecule has 0 bridgehead atoms. The van der Waals surface area contributed by atoms with Crippen LogP contribution < -0.4 is 4.74 Å². The van der Waals surface area contributed by atoms with Gasteiger partial charge in [-0.05, 0) is 31.0 Å². The van der Waals surface area contributed by atoms with E-state index in [1.807, 2.05) is 31.2 Å². The van der Waals surface area contributed by atoms with Gasteiger partial charge in [0.15, 0.2) is 0 Å². The number of halogens is 1. The molecule has 7 heteroatoms. The summed E-state index contributed by atoms with van der Waals surface area (Å²) < 4.78 is 40.0. The Hall–Kier alpha value is -1.63. The molecule has 0 radical (unpaired) electrons. The van der Waals surface area contributed by atoms with Crippen LogP contribution in [0.15, 0.2) is 24.3 Å². The van der Waals surface area contributed by atoms with Gasteiger partial charge in [0, 0.05) is 19.5 Å². The quantitative estimate of drug-likeness (QED) is 0.747. The summed E-state index contributed by atoms with van der Waals surface area (Å²) in [4.78, 5) is 13.1. The number of carbonyl (C=O) groups is 1. The molecule has 1 aromatic rings. The van der Waals surface area contributed by atoms with Crippen molar-refractivity contribution in [2.75, 3.05) is 19.7 Å². The van der Waals surface area contributed by atoms with Crippen LogP contribution in [-0.4, -0.2) is 44.2 Å². The van der Waals surface area contributed by atoms with Crippen molar-refractivity contribution in [3.63, 3.8) is 0 Å². The molecular weight excluding hydrogens is 297 g/mol. The highest BCUT2D eigenvalue weighted by atomic mass is 32.3. The molecule has 0 spiro atoms. The molecule has 1 saturated heterocycles. The van der Waals surface area contributed by atoms with Crippen molar-refractivity contribution >= 4 is 16.1 Å². The fourth-order valence-corrected chi connectivity index (χ4v) is 3.06. The van der Waals surface area contributed by atoms with Crippen LogP contribution in [0.2, 0.25) is 0 Å². The predicted octanol–water partition coefficient (Wildman–Crippen LogP) is 1.53. The number of ether oxygens (including phenoxy) is 1. The standard InChI is InChI=1S/C14H18FNO4S/c1-2-20-12-5-3-4-11(8-12)6-7-16-10-13(9-14(16)17)21(15,18)19/h3-5,8,13H,2,6-7,9-10H2,1H3. The molecule has 5 nitrogen and oxygen atoms in total. The predicted molar refractivity (Wildman–Crippen MR) is 76.3 cm³/mol. The molecule has 21 heavy (non-hydrogen) atoms. The van der Waals surface area contributed by atoms with Gasteiger partial charge in [-0.2, -0.15) is 8.42 Å². The molecule has 1 fully saturated rings.